The Morgan fingerprint density at radius 2 is 1.74 bits per heavy atom. The molecule has 0 saturated carbocycles. The Labute approximate surface area is 156 Å². The lowest BCUT2D eigenvalue weighted by Gasteiger charge is -2.39. The lowest BCUT2D eigenvalue weighted by atomic mass is 9.96. The molecule has 1 N–H and O–H groups in total. The molecule has 7 heteroatoms. The molecule has 2 aromatic rings. The highest BCUT2D eigenvalue weighted by atomic mass is 19.1. The molecular weight excluding hydrogens is 347 g/mol. The van der Waals surface area contributed by atoms with Crippen LogP contribution in [0.4, 0.5) is 4.39 Å². The molecule has 3 atom stereocenters. The number of aromatic nitrogens is 2. The normalized spacial score (nSPS) is 23.9. The number of aryl methyl sites for hydroxylation is 1. The Morgan fingerprint density at radius 1 is 1.07 bits per heavy atom. The molecule has 3 heterocycles. The molecule has 6 nitrogen and oxygen atoms in total. The van der Waals surface area contributed by atoms with Crippen LogP contribution >= 0.6 is 0 Å². The number of carbonyl (C=O) groups excluding carboxylic acids is 2. The molecule has 0 radical (unpaired) electrons. The van der Waals surface area contributed by atoms with Crippen LogP contribution in [-0.2, 0) is 0 Å². The number of amides is 2. The highest BCUT2D eigenvalue weighted by molar-refractivity contribution is 5.94. The smallest absolute Gasteiger partial charge is 0.274 e. The van der Waals surface area contributed by atoms with Gasteiger partial charge in [0.2, 0.25) is 0 Å². The summed E-state index contributed by atoms with van der Waals surface area (Å²) < 4.78 is 13.0. The number of halogens is 1. The van der Waals surface area contributed by atoms with Crippen molar-refractivity contribution in [2.45, 2.75) is 50.7 Å². The molecule has 140 valence electrons. The first kappa shape index (κ1) is 17.6. The van der Waals surface area contributed by atoms with E-state index in [2.05, 4.69) is 15.3 Å². The number of hydrogen-bond acceptors (Lipinski definition) is 4. The van der Waals surface area contributed by atoms with Crippen LogP contribution in [0, 0.1) is 12.7 Å². The predicted octanol–water partition coefficient (Wildman–Crippen LogP) is 2.49. The number of piperidine rings is 1. The minimum atomic E-state index is -0.365. The van der Waals surface area contributed by atoms with Crippen molar-refractivity contribution in [1.82, 2.24) is 20.2 Å². The van der Waals surface area contributed by atoms with E-state index in [9.17, 15) is 14.0 Å². The van der Waals surface area contributed by atoms with Gasteiger partial charge in [0.25, 0.3) is 11.8 Å². The maximum absolute atomic E-state index is 13.0. The van der Waals surface area contributed by atoms with Crippen molar-refractivity contribution in [3.05, 3.63) is 59.4 Å². The van der Waals surface area contributed by atoms with Crippen molar-refractivity contribution < 1.29 is 14.0 Å². The molecule has 1 unspecified atom stereocenters. The lowest BCUT2D eigenvalue weighted by molar-refractivity contribution is 0.0543. The van der Waals surface area contributed by atoms with Crippen molar-refractivity contribution in [1.29, 1.82) is 0 Å². The molecule has 2 saturated heterocycles. The van der Waals surface area contributed by atoms with Crippen LogP contribution in [0.5, 0.6) is 0 Å². The minimum absolute atomic E-state index is 0.00760. The molecule has 2 aliphatic rings. The number of benzene rings is 1. The lowest BCUT2D eigenvalue weighted by Crippen LogP contribution is -2.52. The second-order valence-electron chi connectivity index (χ2n) is 7.29. The highest BCUT2D eigenvalue weighted by Crippen LogP contribution is 2.36. The van der Waals surface area contributed by atoms with Crippen molar-refractivity contribution >= 4 is 11.8 Å². The average molecular weight is 368 g/mol. The van der Waals surface area contributed by atoms with Crippen LogP contribution in [0.1, 0.15) is 52.2 Å². The van der Waals surface area contributed by atoms with E-state index >= 15 is 0 Å². The maximum Gasteiger partial charge on any atom is 0.274 e. The summed E-state index contributed by atoms with van der Waals surface area (Å²) in [4.78, 5) is 35.5. The molecule has 0 aliphatic carbocycles. The molecule has 2 bridgehead atoms. The van der Waals surface area contributed by atoms with Gasteiger partial charge in [0, 0.05) is 29.9 Å². The standard InChI is InChI=1S/C20H21FN4O2/c1-12-10-23-18(11-22-12)20(27)25-16-6-7-17(25)9-15(8-16)24-19(26)13-2-4-14(21)5-3-13/h2-5,10-11,15-17H,6-9H2,1H3,(H,24,26)/t15?,16-,17+. The van der Waals surface area contributed by atoms with E-state index in [4.69, 9.17) is 0 Å². The van der Waals surface area contributed by atoms with Gasteiger partial charge in [0.15, 0.2) is 0 Å². The Kier molecular flexibility index (Phi) is 4.59. The third kappa shape index (κ3) is 3.54. The highest BCUT2D eigenvalue weighted by Gasteiger charge is 2.44. The summed E-state index contributed by atoms with van der Waals surface area (Å²) in [6.07, 6.45) is 6.42. The fourth-order valence-electron chi connectivity index (χ4n) is 4.13. The molecule has 2 amide bonds. The van der Waals surface area contributed by atoms with Gasteiger partial charge < -0.3 is 10.2 Å². The van der Waals surface area contributed by atoms with Crippen molar-refractivity contribution in [3.63, 3.8) is 0 Å². The maximum atomic E-state index is 13.0. The van der Waals surface area contributed by atoms with Gasteiger partial charge in [-0.2, -0.15) is 0 Å². The monoisotopic (exact) mass is 368 g/mol. The van der Waals surface area contributed by atoms with Crippen LogP contribution < -0.4 is 5.32 Å². The van der Waals surface area contributed by atoms with Gasteiger partial charge in [-0.1, -0.05) is 0 Å². The van der Waals surface area contributed by atoms with E-state index in [-0.39, 0.29) is 35.8 Å². The topological polar surface area (TPSA) is 75.2 Å². The van der Waals surface area contributed by atoms with Crippen molar-refractivity contribution in [3.8, 4) is 0 Å². The van der Waals surface area contributed by atoms with E-state index < -0.39 is 0 Å². The van der Waals surface area contributed by atoms with Crippen LogP contribution in [0.25, 0.3) is 0 Å². The molecule has 27 heavy (non-hydrogen) atoms. The van der Waals surface area contributed by atoms with Gasteiger partial charge in [-0.3, -0.25) is 14.6 Å². The third-order valence-electron chi connectivity index (χ3n) is 5.41. The Hall–Kier alpha value is -2.83. The van der Waals surface area contributed by atoms with E-state index in [1.54, 1.807) is 6.20 Å². The zero-order valence-corrected chi connectivity index (χ0v) is 15.1. The summed E-state index contributed by atoms with van der Waals surface area (Å²) in [5.74, 6) is -0.655. The summed E-state index contributed by atoms with van der Waals surface area (Å²) in [6, 6.07) is 5.72. The van der Waals surface area contributed by atoms with Gasteiger partial charge in [-0.25, -0.2) is 9.37 Å². The Morgan fingerprint density at radius 3 is 2.33 bits per heavy atom. The first-order chi connectivity index (χ1) is 13.0. The van der Waals surface area contributed by atoms with E-state index in [1.807, 2.05) is 11.8 Å². The SMILES string of the molecule is Cc1cnc(C(=O)N2[C@@H]3CC[C@H]2CC(NC(=O)c2ccc(F)cc2)C3)cn1. The van der Waals surface area contributed by atoms with E-state index in [0.717, 1.165) is 18.5 Å². The molecule has 2 aliphatic heterocycles. The number of carbonyl (C=O) groups is 2. The number of hydrogen-bond donors (Lipinski definition) is 1. The first-order valence-electron chi connectivity index (χ1n) is 9.19. The summed E-state index contributed by atoms with van der Waals surface area (Å²) in [5, 5.41) is 3.03. The second-order valence-corrected chi connectivity index (χ2v) is 7.29. The molecule has 1 aromatic heterocycles. The van der Waals surface area contributed by atoms with E-state index in [1.165, 1.54) is 30.5 Å². The van der Waals surface area contributed by atoms with Gasteiger partial charge in [-0.05, 0) is 56.9 Å². The molecular formula is C20H21FN4O2. The van der Waals surface area contributed by atoms with Gasteiger partial charge >= 0.3 is 0 Å². The predicted molar refractivity (Wildman–Crippen MR) is 96.6 cm³/mol. The van der Waals surface area contributed by atoms with Gasteiger partial charge in [0.05, 0.1) is 11.9 Å². The molecule has 1 aromatic carbocycles. The largest absolute Gasteiger partial charge is 0.349 e. The first-order valence-corrected chi connectivity index (χ1v) is 9.19. The Balaban J connectivity index is 1.42. The van der Waals surface area contributed by atoms with E-state index in [0.29, 0.717) is 24.1 Å². The summed E-state index contributed by atoms with van der Waals surface area (Å²) >= 11 is 0. The second kappa shape index (κ2) is 7.06. The summed E-state index contributed by atoms with van der Waals surface area (Å²) in [7, 11) is 0. The number of rotatable bonds is 3. The number of nitrogens with one attached hydrogen (secondary N) is 1. The van der Waals surface area contributed by atoms with Crippen LogP contribution in [0.2, 0.25) is 0 Å². The molecule has 0 spiro atoms. The molecule has 2 fully saturated rings. The van der Waals surface area contributed by atoms with Crippen molar-refractivity contribution in [2.75, 3.05) is 0 Å². The third-order valence-corrected chi connectivity index (χ3v) is 5.41. The van der Waals surface area contributed by atoms with Crippen LogP contribution in [0.15, 0.2) is 36.7 Å². The van der Waals surface area contributed by atoms with Crippen molar-refractivity contribution in [2.24, 2.45) is 0 Å². The molecule has 4 rings (SSSR count). The number of nitrogens with zero attached hydrogens (tertiary/aromatic N) is 3. The average Bonchev–Trinajstić information content (AvgIpc) is 2.93. The minimum Gasteiger partial charge on any atom is -0.349 e. The summed E-state index contributed by atoms with van der Waals surface area (Å²) in [5.41, 5.74) is 1.58. The van der Waals surface area contributed by atoms with Gasteiger partial charge in [-0.15, -0.1) is 0 Å². The van der Waals surface area contributed by atoms with Crippen LogP contribution in [-0.4, -0.2) is 44.8 Å². The van der Waals surface area contributed by atoms with Gasteiger partial charge in [0.1, 0.15) is 11.5 Å². The summed E-state index contributed by atoms with van der Waals surface area (Å²) in [6.45, 7) is 1.83. The number of fused-ring (bicyclic) bond motifs is 2. The Bertz CT molecular complexity index is 839. The quantitative estimate of drug-likeness (QED) is 0.903. The fourth-order valence-corrected chi connectivity index (χ4v) is 4.13. The fraction of sp³-hybridized carbons (Fsp3) is 0.400. The zero-order valence-electron chi connectivity index (χ0n) is 15.1. The van der Waals surface area contributed by atoms with Crippen LogP contribution in [0.3, 0.4) is 0 Å². The zero-order chi connectivity index (χ0) is 19.0.